The number of benzene rings is 1. The Morgan fingerprint density at radius 1 is 1.03 bits per heavy atom. The molecule has 29 heavy (non-hydrogen) atoms. The van der Waals surface area contributed by atoms with Crippen LogP contribution in [0.5, 0.6) is 17.2 Å². The van der Waals surface area contributed by atoms with Gasteiger partial charge in [0.05, 0.1) is 18.5 Å². The lowest BCUT2D eigenvalue weighted by molar-refractivity contribution is -0.0511. The maximum absolute atomic E-state index is 10.2. The highest BCUT2D eigenvalue weighted by Gasteiger charge is 2.44. The number of imidazole rings is 1. The number of rotatable bonds is 5. The van der Waals surface area contributed by atoms with Crippen molar-refractivity contribution in [1.82, 2.24) is 19.5 Å². The van der Waals surface area contributed by atoms with Gasteiger partial charge in [0.2, 0.25) is 0 Å². The SMILES string of the molecule is OC[C@H]1OC(n2cnc3c(NCc4c(O)cc(O)cc4O)ncnc32)[C@@H](O)[C@@H]1O. The van der Waals surface area contributed by atoms with Crippen molar-refractivity contribution in [3.8, 4) is 17.2 Å². The number of aromatic nitrogens is 4. The van der Waals surface area contributed by atoms with Crippen LogP contribution in [0.4, 0.5) is 5.82 Å². The van der Waals surface area contributed by atoms with Crippen molar-refractivity contribution in [3.63, 3.8) is 0 Å². The van der Waals surface area contributed by atoms with Crippen molar-refractivity contribution in [2.45, 2.75) is 31.1 Å². The van der Waals surface area contributed by atoms with Crippen LogP contribution in [0.2, 0.25) is 0 Å². The van der Waals surface area contributed by atoms with Gasteiger partial charge >= 0.3 is 0 Å². The number of hydrogen-bond acceptors (Lipinski definition) is 11. The summed E-state index contributed by atoms with van der Waals surface area (Å²) in [5.41, 5.74) is 0.775. The molecule has 12 nitrogen and oxygen atoms in total. The van der Waals surface area contributed by atoms with Gasteiger partial charge in [-0.15, -0.1) is 0 Å². The van der Waals surface area contributed by atoms with Gasteiger partial charge in [-0.3, -0.25) is 4.57 Å². The summed E-state index contributed by atoms with van der Waals surface area (Å²) in [7, 11) is 0. The van der Waals surface area contributed by atoms with Crippen LogP contribution < -0.4 is 5.32 Å². The number of anilines is 1. The number of nitrogens with one attached hydrogen (secondary N) is 1. The van der Waals surface area contributed by atoms with Gasteiger partial charge in [0.25, 0.3) is 0 Å². The molecule has 12 heteroatoms. The summed E-state index contributed by atoms with van der Waals surface area (Å²) in [6.07, 6.45) is -1.88. The molecule has 1 fully saturated rings. The molecule has 7 N–H and O–H groups in total. The number of fused-ring (bicyclic) bond motifs is 1. The highest BCUT2D eigenvalue weighted by atomic mass is 16.6. The van der Waals surface area contributed by atoms with E-state index in [1.165, 1.54) is 17.2 Å². The standard InChI is InChI=1S/C17H19N5O7/c23-4-11-13(27)14(28)17(29-11)22-6-21-12-15(19-5-20-16(12)22)18-3-8-9(25)1-7(24)2-10(8)26/h1-2,5-6,11,13-14,17,23-28H,3-4H2,(H,18,19,20)/t11-,13-,14+,17?/m1/s1. The van der Waals surface area contributed by atoms with Gasteiger partial charge < -0.3 is 40.7 Å². The smallest absolute Gasteiger partial charge is 0.167 e. The molecular weight excluding hydrogens is 386 g/mol. The molecule has 0 aliphatic carbocycles. The Balaban J connectivity index is 1.62. The number of phenolic OH excluding ortho intramolecular Hbond substituents is 3. The zero-order valence-electron chi connectivity index (χ0n) is 14.9. The van der Waals surface area contributed by atoms with E-state index in [1.807, 2.05) is 0 Å². The van der Waals surface area contributed by atoms with E-state index in [1.54, 1.807) is 0 Å². The summed E-state index contributed by atoms with van der Waals surface area (Å²) in [5.74, 6) is -0.576. The van der Waals surface area contributed by atoms with Gasteiger partial charge in [-0.25, -0.2) is 15.0 Å². The molecule has 3 aromatic rings. The van der Waals surface area contributed by atoms with Crippen molar-refractivity contribution in [3.05, 3.63) is 30.4 Å². The lowest BCUT2D eigenvalue weighted by Crippen LogP contribution is -2.33. The number of ether oxygens (including phenoxy) is 1. The minimum Gasteiger partial charge on any atom is -0.508 e. The molecular formula is C17H19N5O7. The third-order valence-electron chi connectivity index (χ3n) is 4.77. The fourth-order valence-electron chi connectivity index (χ4n) is 3.26. The Hall–Kier alpha value is -3.19. The number of aliphatic hydroxyl groups is 3. The van der Waals surface area contributed by atoms with Crippen LogP contribution >= 0.6 is 0 Å². The Bertz CT molecular complexity index is 1020. The largest absolute Gasteiger partial charge is 0.508 e. The molecule has 4 atom stereocenters. The number of aromatic hydroxyl groups is 3. The van der Waals surface area contributed by atoms with Crippen LogP contribution in [0.15, 0.2) is 24.8 Å². The van der Waals surface area contributed by atoms with E-state index in [0.29, 0.717) is 11.2 Å². The quantitative estimate of drug-likeness (QED) is 0.281. The van der Waals surface area contributed by atoms with Gasteiger partial charge in [0.15, 0.2) is 23.2 Å². The molecule has 1 saturated heterocycles. The van der Waals surface area contributed by atoms with E-state index in [2.05, 4.69) is 20.3 Å². The maximum atomic E-state index is 10.2. The molecule has 154 valence electrons. The van der Waals surface area contributed by atoms with Crippen molar-refractivity contribution in [2.75, 3.05) is 11.9 Å². The second kappa shape index (κ2) is 7.33. The van der Waals surface area contributed by atoms with Gasteiger partial charge in [0.1, 0.15) is 41.9 Å². The number of phenols is 3. The van der Waals surface area contributed by atoms with Crippen LogP contribution in [-0.4, -0.2) is 75.1 Å². The summed E-state index contributed by atoms with van der Waals surface area (Å²) in [6.45, 7) is -0.479. The highest BCUT2D eigenvalue weighted by molar-refractivity contribution is 5.82. The summed E-state index contributed by atoms with van der Waals surface area (Å²) >= 11 is 0. The lowest BCUT2D eigenvalue weighted by atomic mass is 10.1. The first kappa shape index (κ1) is 19.1. The summed E-state index contributed by atoms with van der Waals surface area (Å²) < 4.78 is 6.92. The van der Waals surface area contributed by atoms with E-state index in [-0.39, 0.29) is 35.2 Å². The first-order valence-corrected chi connectivity index (χ1v) is 8.68. The second-order valence-electron chi connectivity index (χ2n) is 6.59. The van der Waals surface area contributed by atoms with E-state index in [9.17, 15) is 30.6 Å². The fourth-order valence-corrected chi connectivity index (χ4v) is 3.26. The topological polar surface area (TPSA) is 186 Å². The third-order valence-corrected chi connectivity index (χ3v) is 4.77. The van der Waals surface area contributed by atoms with Crippen LogP contribution in [0.3, 0.4) is 0 Å². The van der Waals surface area contributed by atoms with E-state index < -0.39 is 31.1 Å². The molecule has 1 aromatic carbocycles. The second-order valence-corrected chi connectivity index (χ2v) is 6.59. The Kier molecular flexibility index (Phi) is 4.84. The molecule has 1 aliphatic heterocycles. The molecule has 0 spiro atoms. The van der Waals surface area contributed by atoms with Crippen molar-refractivity contribution < 1.29 is 35.4 Å². The van der Waals surface area contributed by atoms with E-state index in [4.69, 9.17) is 4.74 Å². The van der Waals surface area contributed by atoms with Crippen LogP contribution in [0, 0.1) is 0 Å². The summed E-state index contributed by atoms with van der Waals surface area (Å²) in [4.78, 5) is 12.5. The van der Waals surface area contributed by atoms with E-state index >= 15 is 0 Å². The zero-order valence-corrected chi connectivity index (χ0v) is 14.9. The number of aliphatic hydroxyl groups excluding tert-OH is 3. The monoisotopic (exact) mass is 405 g/mol. The average molecular weight is 405 g/mol. The summed E-state index contributed by atoms with van der Waals surface area (Å²) in [6, 6.07) is 2.20. The summed E-state index contributed by atoms with van der Waals surface area (Å²) in [5, 5.41) is 61.6. The zero-order chi connectivity index (χ0) is 20.7. The normalized spacial score (nSPS) is 24.2. The first-order chi connectivity index (χ1) is 13.9. The molecule has 0 bridgehead atoms. The predicted octanol–water partition coefficient (Wildman–Crippen LogP) is -0.833. The Morgan fingerprint density at radius 3 is 2.41 bits per heavy atom. The van der Waals surface area contributed by atoms with Crippen molar-refractivity contribution in [2.24, 2.45) is 0 Å². The van der Waals surface area contributed by atoms with Crippen molar-refractivity contribution in [1.29, 1.82) is 0 Å². The molecule has 0 radical (unpaired) electrons. The third kappa shape index (κ3) is 3.27. The average Bonchev–Trinajstić information content (AvgIpc) is 3.23. The predicted molar refractivity (Wildman–Crippen MR) is 97.1 cm³/mol. The highest BCUT2D eigenvalue weighted by Crippen LogP contribution is 2.34. The van der Waals surface area contributed by atoms with Crippen LogP contribution in [0.1, 0.15) is 11.8 Å². The molecule has 4 rings (SSSR count). The number of hydrogen-bond donors (Lipinski definition) is 7. The fraction of sp³-hybridized carbons (Fsp3) is 0.353. The lowest BCUT2D eigenvalue weighted by Gasteiger charge is -2.16. The minimum atomic E-state index is -1.29. The van der Waals surface area contributed by atoms with Gasteiger partial charge in [-0.05, 0) is 0 Å². The molecule has 1 aliphatic rings. The van der Waals surface area contributed by atoms with Crippen LogP contribution in [-0.2, 0) is 11.3 Å². The number of nitrogens with zero attached hydrogens (tertiary/aromatic N) is 4. The van der Waals surface area contributed by atoms with Gasteiger partial charge in [-0.1, -0.05) is 0 Å². The minimum absolute atomic E-state index is 0.0230. The van der Waals surface area contributed by atoms with Crippen LogP contribution in [0.25, 0.3) is 11.2 Å². The van der Waals surface area contributed by atoms with E-state index in [0.717, 1.165) is 12.1 Å². The Labute approximate surface area is 163 Å². The van der Waals surface area contributed by atoms with Gasteiger partial charge in [0, 0.05) is 18.7 Å². The maximum Gasteiger partial charge on any atom is 0.167 e. The molecule has 1 unspecified atom stereocenters. The molecule has 0 saturated carbocycles. The molecule has 2 aromatic heterocycles. The molecule has 0 amide bonds. The Morgan fingerprint density at radius 2 is 1.76 bits per heavy atom. The van der Waals surface area contributed by atoms with Gasteiger partial charge in [-0.2, -0.15) is 0 Å². The first-order valence-electron chi connectivity index (χ1n) is 8.68. The molecule has 3 heterocycles. The van der Waals surface area contributed by atoms with Crippen molar-refractivity contribution >= 4 is 17.0 Å².